The summed E-state index contributed by atoms with van der Waals surface area (Å²) in [7, 11) is -0.403. The van der Waals surface area contributed by atoms with Gasteiger partial charge >= 0.3 is 5.97 Å². The normalized spacial score (nSPS) is 18.8. The molecule has 2 rings (SSSR count). The summed E-state index contributed by atoms with van der Waals surface area (Å²) >= 11 is 0. The van der Waals surface area contributed by atoms with E-state index in [1.165, 1.54) is 7.11 Å². The zero-order valence-electron chi connectivity index (χ0n) is 22.7. The third-order valence-electron chi connectivity index (χ3n) is 7.36. The zero-order valence-corrected chi connectivity index (χ0v) is 23.7. The Labute approximate surface area is 212 Å². The Hall–Kier alpha value is -1.96. The van der Waals surface area contributed by atoms with Crippen LogP contribution in [0.1, 0.15) is 75.7 Å². The lowest BCUT2D eigenvalue weighted by Crippen LogP contribution is -2.43. The monoisotopic (exact) mass is 503 g/mol. The van der Waals surface area contributed by atoms with E-state index < -0.39 is 14.4 Å². The van der Waals surface area contributed by atoms with E-state index in [1.54, 1.807) is 12.1 Å². The van der Waals surface area contributed by atoms with Crippen LogP contribution in [0.4, 0.5) is 0 Å². The van der Waals surface area contributed by atoms with E-state index in [-0.39, 0.29) is 29.1 Å². The number of esters is 1. The van der Waals surface area contributed by atoms with Crippen LogP contribution in [-0.4, -0.2) is 62.1 Å². The molecule has 3 atom stereocenters. The van der Waals surface area contributed by atoms with E-state index in [2.05, 4.69) is 40.8 Å². The topological polar surface area (TPSA) is 76.1 Å². The van der Waals surface area contributed by atoms with Crippen molar-refractivity contribution in [1.29, 1.82) is 0 Å². The first-order chi connectivity index (χ1) is 16.3. The van der Waals surface area contributed by atoms with Crippen molar-refractivity contribution < 1.29 is 23.9 Å². The van der Waals surface area contributed by atoms with E-state index >= 15 is 0 Å². The first-order valence-corrected chi connectivity index (χ1v) is 15.8. The summed E-state index contributed by atoms with van der Waals surface area (Å²) in [6.45, 7) is 14.0. The van der Waals surface area contributed by atoms with Gasteiger partial charge in [-0.3, -0.25) is 4.79 Å². The van der Waals surface area contributed by atoms with Gasteiger partial charge in [-0.2, -0.15) is 0 Å². The number of ether oxygens (including phenoxy) is 1. The number of rotatable bonds is 12. The number of benzene rings is 1. The summed E-state index contributed by atoms with van der Waals surface area (Å²) in [4.78, 5) is 25.9. The molecule has 7 heteroatoms. The number of methoxy groups -OCH3 is 1. The van der Waals surface area contributed by atoms with Crippen LogP contribution < -0.4 is 0 Å². The summed E-state index contributed by atoms with van der Waals surface area (Å²) in [5.41, 5.74) is 1.58. The van der Waals surface area contributed by atoms with Gasteiger partial charge in [-0.1, -0.05) is 45.1 Å². The zero-order chi connectivity index (χ0) is 26.2. The minimum Gasteiger partial charge on any atom is -0.465 e. The molecule has 1 aromatic rings. The maximum atomic E-state index is 12.4. The van der Waals surface area contributed by atoms with Gasteiger partial charge in [0.05, 0.1) is 24.8 Å². The Balaban J connectivity index is 1.80. The standard InChI is InChI=1S/C28H45NO5Si/c1-21(34-35(6,7)28(2,3)4)9-8-10-25(30)17-15-24-16-18-26(31)29(24)20-19-22-11-13-23(14-12-22)27(32)33-5/h11-15,17,21,24-25,30H,8-10,16,18-20H2,1-7H3/t21-,24+,25+/m1/s1. The molecule has 1 amide bonds. The predicted octanol–water partition coefficient (Wildman–Crippen LogP) is 5.50. The maximum absolute atomic E-state index is 12.4. The third-order valence-corrected chi connectivity index (χ3v) is 12.0. The quantitative estimate of drug-likeness (QED) is 0.231. The van der Waals surface area contributed by atoms with Crippen LogP contribution in [0.15, 0.2) is 36.4 Å². The van der Waals surface area contributed by atoms with Gasteiger partial charge in [-0.15, -0.1) is 0 Å². The average Bonchev–Trinajstić information content (AvgIpc) is 3.14. The Morgan fingerprint density at radius 3 is 2.49 bits per heavy atom. The summed E-state index contributed by atoms with van der Waals surface area (Å²) in [6, 6.07) is 7.32. The van der Waals surface area contributed by atoms with Crippen LogP contribution in [-0.2, 0) is 20.4 Å². The molecule has 1 aliphatic rings. The number of aliphatic hydroxyl groups is 1. The minimum absolute atomic E-state index is 0.0207. The number of aliphatic hydroxyl groups excluding tert-OH is 1. The summed E-state index contributed by atoms with van der Waals surface area (Å²) in [5, 5.41) is 10.7. The highest BCUT2D eigenvalue weighted by molar-refractivity contribution is 6.74. The van der Waals surface area contributed by atoms with E-state index in [9.17, 15) is 14.7 Å². The van der Waals surface area contributed by atoms with E-state index in [1.807, 2.05) is 29.2 Å². The van der Waals surface area contributed by atoms with Crippen LogP contribution in [0.25, 0.3) is 0 Å². The second-order valence-electron chi connectivity index (χ2n) is 11.2. The fraction of sp³-hybridized carbons (Fsp3) is 0.643. The van der Waals surface area contributed by atoms with Gasteiger partial charge in [0.25, 0.3) is 0 Å². The summed E-state index contributed by atoms with van der Waals surface area (Å²) in [5.74, 6) is -0.204. The highest BCUT2D eigenvalue weighted by Gasteiger charge is 2.38. The minimum atomic E-state index is -1.77. The molecular formula is C28H45NO5Si. The molecule has 1 heterocycles. The second-order valence-corrected chi connectivity index (χ2v) is 16.0. The fourth-order valence-corrected chi connectivity index (χ4v) is 5.60. The highest BCUT2D eigenvalue weighted by Crippen LogP contribution is 2.37. The van der Waals surface area contributed by atoms with Gasteiger partial charge in [0.1, 0.15) is 0 Å². The average molecular weight is 504 g/mol. The smallest absolute Gasteiger partial charge is 0.337 e. The van der Waals surface area contributed by atoms with Crippen molar-refractivity contribution in [3.05, 3.63) is 47.5 Å². The maximum Gasteiger partial charge on any atom is 0.337 e. The molecule has 0 unspecified atom stereocenters. The second kappa shape index (κ2) is 12.8. The van der Waals surface area contributed by atoms with Gasteiger partial charge in [0.2, 0.25) is 5.91 Å². The van der Waals surface area contributed by atoms with Crippen molar-refractivity contribution in [1.82, 2.24) is 4.90 Å². The van der Waals surface area contributed by atoms with Crippen LogP contribution in [0, 0.1) is 0 Å². The highest BCUT2D eigenvalue weighted by atomic mass is 28.4. The Morgan fingerprint density at radius 2 is 1.89 bits per heavy atom. The van der Waals surface area contributed by atoms with Crippen molar-refractivity contribution in [2.75, 3.05) is 13.7 Å². The van der Waals surface area contributed by atoms with Crippen molar-refractivity contribution in [3.63, 3.8) is 0 Å². The van der Waals surface area contributed by atoms with Gasteiger partial charge in [-0.25, -0.2) is 4.79 Å². The van der Waals surface area contributed by atoms with E-state index in [4.69, 9.17) is 9.16 Å². The SMILES string of the molecule is COC(=O)c1ccc(CCN2C(=O)CC[C@@H]2C=C[C@@H](O)CCC[C@@H](C)O[Si](C)(C)C(C)(C)C)cc1. The Bertz CT molecular complexity index is 859. The molecule has 0 aliphatic carbocycles. The summed E-state index contributed by atoms with van der Waals surface area (Å²) < 4.78 is 11.1. The molecule has 0 spiro atoms. The molecule has 6 nitrogen and oxygen atoms in total. The van der Waals surface area contributed by atoms with Crippen LogP contribution >= 0.6 is 0 Å². The number of carbonyl (C=O) groups is 2. The molecule has 0 bridgehead atoms. The fourth-order valence-electron chi connectivity index (χ4n) is 4.13. The van der Waals surface area contributed by atoms with Gasteiger partial charge < -0.3 is 19.2 Å². The molecule has 0 radical (unpaired) electrons. The van der Waals surface area contributed by atoms with Gasteiger partial charge in [0.15, 0.2) is 8.32 Å². The third kappa shape index (κ3) is 8.88. The molecule has 1 saturated heterocycles. The van der Waals surface area contributed by atoms with Crippen molar-refractivity contribution in [2.24, 2.45) is 0 Å². The molecule has 1 aromatic carbocycles. The molecular weight excluding hydrogens is 458 g/mol. The molecule has 0 aromatic heterocycles. The first kappa shape index (κ1) is 29.3. The number of carbonyl (C=O) groups excluding carboxylic acids is 2. The van der Waals surface area contributed by atoms with Crippen LogP contribution in [0.2, 0.25) is 18.1 Å². The molecule has 1 N–H and O–H groups in total. The first-order valence-electron chi connectivity index (χ1n) is 12.8. The lowest BCUT2D eigenvalue weighted by molar-refractivity contribution is -0.128. The summed E-state index contributed by atoms with van der Waals surface area (Å²) in [6.07, 6.45) is 8.06. The molecule has 1 aliphatic heterocycles. The van der Waals surface area contributed by atoms with Crippen molar-refractivity contribution in [3.8, 4) is 0 Å². The number of amides is 1. The Kier molecular flexibility index (Phi) is 10.7. The predicted molar refractivity (Wildman–Crippen MR) is 143 cm³/mol. The lowest BCUT2D eigenvalue weighted by atomic mass is 10.1. The van der Waals surface area contributed by atoms with Crippen LogP contribution in [0.3, 0.4) is 0 Å². The van der Waals surface area contributed by atoms with Gasteiger partial charge in [-0.05, 0) is 74.9 Å². The Morgan fingerprint density at radius 1 is 1.23 bits per heavy atom. The van der Waals surface area contributed by atoms with Crippen molar-refractivity contribution >= 4 is 20.2 Å². The van der Waals surface area contributed by atoms with E-state index in [0.29, 0.717) is 31.4 Å². The number of likely N-dealkylation sites (tertiary alicyclic amines) is 1. The van der Waals surface area contributed by atoms with E-state index in [0.717, 1.165) is 24.8 Å². The number of hydrogen-bond donors (Lipinski definition) is 1. The molecule has 1 fully saturated rings. The molecule has 196 valence electrons. The number of hydrogen-bond acceptors (Lipinski definition) is 5. The largest absolute Gasteiger partial charge is 0.465 e. The van der Waals surface area contributed by atoms with Crippen LogP contribution in [0.5, 0.6) is 0 Å². The van der Waals surface area contributed by atoms with Gasteiger partial charge in [0, 0.05) is 19.1 Å². The number of nitrogens with zero attached hydrogens (tertiary/aromatic N) is 1. The molecule has 0 saturated carbocycles. The van der Waals surface area contributed by atoms with Crippen molar-refractivity contribution in [2.45, 2.75) is 103 Å². The molecule has 35 heavy (non-hydrogen) atoms. The lowest BCUT2D eigenvalue weighted by Gasteiger charge is -2.38.